The van der Waals surface area contributed by atoms with E-state index < -0.39 is 32.4 Å². The number of esters is 1. The smallest absolute Gasteiger partial charge is 0.423 e. The average Bonchev–Trinajstić information content (AvgIpc) is 2.11. The van der Waals surface area contributed by atoms with Gasteiger partial charge in [-0.15, -0.1) is 0 Å². The molecule has 0 aliphatic carbocycles. The van der Waals surface area contributed by atoms with Gasteiger partial charge in [0.25, 0.3) is 0 Å². The first-order chi connectivity index (χ1) is 7.90. The first-order valence-corrected chi connectivity index (χ1v) is 8.05. The van der Waals surface area contributed by atoms with Gasteiger partial charge in [0, 0.05) is 17.4 Å². The molecule has 0 heterocycles. The lowest BCUT2D eigenvalue weighted by Crippen LogP contribution is -2.48. The minimum Gasteiger partial charge on any atom is -0.467 e. The second kappa shape index (κ2) is 5.83. The van der Waals surface area contributed by atoms with E-state index in [-0.39, 0.29) is 0 Å². The van der Waals surface area contributed by atoms with Crippen LogP contribution in [0.3, 0.4) is 0 Å². The molecule has 0 bridgehead atoms. The number of amides is 1. The molecule has 2 unspecified atom stereocenters. The number of hydrogen-bond donors (Lipinski definition) is 0. The zero-order valence-corrected chi connectivity index (χ0v) is 13.0. The van der Waals surface area contributed by atoms with Gasteiger partial charge in [-0.3, -0.25) is 0 Å². The van der Waals surface area contributed by atoms with Crippen molar-refractivity contribution in [3.63, 3.8) is 0 Å². The fourth-order valence-corrected chi connectivity index (χ4v) is 2.69. The van der Waals surface area contributed by atoms with Gasteiger partial charge in [-0.1, -0.05) is 0 Å². The highest BCUT2D eigenvalue weighted by Gasteiger charge is 2.35. The number of methoxy groups -OCH3 is 1. The summed E-state index contributed by atoms with van der Waals surface area (Å²) in [5.41, 5.74) is -0.773. The molecule has 0 aromatic heterocycles. The second-order valence-corrected chi connectivity index (χ2v) is 8.45. The van der Waals surface area contributed by atoms with E-state index in [0.717, 1.165) is 4.31 Å². The molecule has 18 heavy (non-hydrogen) atoms. The molecular formula is C10H19NO5S2. The highest BCUT2D eigenvalue weighted by atomic mass is 32.8. The van der Waals surface area contributed by atoms with Crippen LogP contribution < -0.4 is 0 Å². The normalized spacial score (nSPS) is 16.3. The Labute approximate surface area is 112 Å². The third kappa shape index (κ3) is 5.18. The van der Waals surface area contributed by atoms with Crippen molar-refractivity contribution >= 4 is 31.9 Å². The number of nitrogens with zero attached hydrogens (tertiary/aromatic N) is 1. The SMILES string of the molecule is COC(=O)C(C)N(C(=O)OC(C)(C)C)S(C)(=O)=S. The Balaban J connectivity index is 5.28. The number of ether oxygens (including phenoxy) is 2. The van der Waals surface area contributed by atoms with Crippen molar-refractivity contribution in [2.24, 2.45) is 0 Å². The van der Waals surface area contributed by atoms with E-state index in [2.05, 4.69) is 4.74 Å². The van der Waals surface area contributed by atoms with Gasteiger partial charge in [0.05, 0.1) is 7.11 Å². The van der Waals surface area contributed by atoms with Gasteiger partial charge in [0.15, 0.2) is 0 Å². The van der Waals surface area contributed by atoms with Crippen LogP contribution in [0.4, 0.5) is 4.79 Å². The topological polar surface area (TPSA) is 72.9 Å². The number of carbonyl (C=O) groups is 2. The summed E-state index contributed by atoms with van der Waals surface area (Å²) in [6.07, 6.45) is 0.286. The zero-order chi connectivity index (χ0) is 14.7. The largest absolute Gasteiger partial charge is 0.467 e. The molecule has 0 fully saturated rings. The molecule has 106 valence electrons. The maximum Gasteiger partial charge on any atom is 0.423 e. The third-order valence-electron chi connectivity index (χ3n) is 1.82. The van der Waals surface area contributed by atoms with Crippen molar-refractivity contribution in [2.45, 2.75) is 39.3 Å². The van der Waals surface area contributed by atoms with Gasteiger partial charge in [0.2, 0.25) is 0 Å². The van der Waals surface area contributed by atoms with E-state index in [4.69, 9.17) is 15.9 Å². The molecule has 0 aromatic rings. The van der Waals surface area contributed by atoms with Crippen LogP contribution in [-0.4, -0.2) is 45.6 Å². The molecule has 0 saturated carbocycles. The van der Waals surface area contributed by atoms with Gasteiger partial charge in [-0.25, -0.2) is 18.1 Å². The van der Waals surface area contributed by atoms with Crippen molar-refractivity contribution in [3.8, 4) is 0 Å². The molecule has 0 rings (SSSR count). The predicted molar refractivity (Wildman–Crippen MR) is 71.0 cm³/mol. The minimum absolute atomic E-state index is 0.708. The lowest BCUT2D eigenvalue weighted by Gasteiger charge is -2.29. The Morgan fingerprint density at radius 1 is 1.33 bits per heavy atom. The van der Waals surface area contributed by atoms with Crippen LogP contribution in [0.1, 0.15) is 27.7 Å². The predicted octanol–water partition coefficient (Wildman–Crippen LogP) is 1.08. The van der Waals surface area contributed by atoms with Gasteiger partial charge >= 0.3 is 12.1 Å². The van der Waals surface area contributed by atoms with E-state index >= 15 is 0 Å². The van der Waals surface area contributed by atoms with Gasteiger partial charge in [0.1, 0.15) is 20.3 Å². The molecule has 2 atom stereocenters. The Morgan fingerprint density at radius 2 is 1.78 bits per heavy atom. The first kappa shape index (κ1) is 17.1. The van der Waals surface area contributed by atoms with E-state index in [9.17, 15) is 13.8 Å². The van der Waals surface area contributed by atoms with Gasteiger partial charge < -0.3 is 9.47 Å². The first-order valence-electron chi connectivity index (χ1n) is 5.20. The van der Waals surface area contributed by atoms with Crippen LogP contribution in [-0.2, 0) is 34.1 Å². The number of rotatable bonds is 3. The Bertz CT molecular complexity index is 424. The van der Waals surface area contributed by atoms with Crippen LogP contribution in [0.2, 0.25) is 0 Å². The number of hydrogen-bond acceptors (Lipinski definition) is 6. The summed E-state index contributed by atoms with van der Waals surface area (Å²) in [6.45, 7) is 6.36. The average molecular weight is 297 g/mol. The van der Waals surface area contributed by atoms with E-state index in [1.54, 1.807) is 20.8 Å². The zero-order valence-electron chi connectivity index (χ0n) is 11.4. The second-order valence-electron chi connectivity index (χ2n) is 4.74. The molecule has 0 saturated heterocycles. The molecule has 6 nitrogen and oxygen atoms in total. The molecule has 0 aliphatic heterocycles. The molecule has 1 amide bonds. The summed E-state index contributed by atoms with van der Waals surface area (Å²) in [5, 5.41) is 0. The quantitative estimate of drug-likeness (QED) is 0.726. The van der Waals surface area contributed by atoms with Crippen LogP contribution in [0.25, 0.3) is 0 Å². The van der Waals surface area contributed by atoms with Crippen LogP contribution in [0.5, 0.6) is 0 Å². The molecule has 0 aromatic carbocycles. The molecular weight excluding hydrogens is 278 g/mol. The number of carbonyl (C=O) groups excluding carboxylic acids is 2. The summed E-state index contributed by atoms with van der Waals surface area (Å²) in [7, 11) is -1.93. The molecule has 0 N–H and O–H groups in total. The van der Waals surface area contributed by atoms with Gasteiger partial charge in [-0.2, -0.15) is 0 Å². The van der Waals surface area contributed by atoms with Crippen LogP contribution >= 0.6 is 0 Å². The fraction of sp³-hybridized carbons (Fsp3) is 0.800. The van der Waals surface area contributed by atoms with Crippen molar-refractivity contribution in [2.75, 3.05) is 13.4 Å². The lowest BCUT2D eigenvalue weighted by atomic mass is 10.2. The highest BCUT2D eigenvalue weighted by molar-refractivity contribution is 8.31. The molecule has 0 aliphatic rings. The van der Waals surface area contributed by atoms with Crippen LogP contribution in [0.15, 0.2) is 0 Å². The summed E-state index contributed by atoms with van der Waals surface area (Å²) in [4.78, 5) is 23.3. The minimum atomic E-state index is -3.10. The highest BCUT2D eigenvalue weighted by Crippen LogP contribution is 2.15. The van der Waals surface area contributed by atoms with Crippen molar-refractivity contribution in [1.82, 2.24) is 4.31 Å². The summed E-state index contributed by atoms with van der Waals surface area (Å²) < 4.78 is 22.2. The fourth-order valence-electron chi connectivity index (χ4n) is 1.15. The maximum absolute atomic E-state index is 11.9. The Hall–Kier alpha value is -0.890. The lowest BCUT2D eigenvalue weighted by molar-refractivity contribution is -0.144. The molecule has 8 heteroatoms. The van der Waals surface area contributed by atoms with Crippen molar-refractivity contribution in [3.05, 3.63) is 0 Å². The summed E-state index contributed by atoms with van der Waals surface area (Å²) in [5.74, 6) is -0.708. The van der Waals surface area contributed by atoms with Crippen molar-refractivity contribution < 1.29 is 23.3 Å². The Morgan fingerprint density at radius 3 is 2.06 bits per heavy atom. The van der Waals surface area contributed by atoms with E-state index in [1.807, 2.05) is 0 Å². The molecule has 0 spiro atoms. The summed E-state index contributed by atoms with van der Waals surface area (Å²) >= 11 is 4.76. The molecule has 0 radical (unpaired) electrons. The Kier molecular flexibility index (Phi) is 5.55. The van der Waals surface area contributed by atoms with E-state index in [1.165, 1.54) is 20.3 Å². The van der Waals surface area contributed by atoms with Crippen LogP contribution in [0, 0.1) is 0 Å². The summed E-state index contributed by atoms with van der Waals surface area (Å²) in [6, 6.07) is -1.07. The standard InChI is InChI=1S/C10H19NO5S2/c1-7(8(12)15-5)11(18(6,14)17)9(13)16-10(2,3)4/h7H,1-6H3. The third-order valence-corrected chi connectivity index (χ3v) is 3.49. The van der Waals surface area contributed by atoms with Gasteiger partial charge in [-0.05, 0) is 27.7 Å². The maximum atomic E-state index is 11.9. The van der Waals surface area contributed by atoms with E-state index in [0.29, 0.717) is 0 Å². The van der Waals surface area contributed by atoms with Crippen molar-refractivity contribution in [1.29, 1.82) is 0 Å². The monoisotopic (exact) mass is 297 g/mol.